The number of hydrogen-bond acceptors (Lipinski definition) is 5. The van der Waals surface area contributed by atoms with E-state index in [-0.39, 0.29) is 0 Å². The molecule has 1 saturated heterocycles. The van der Waals surface area contributed by atoms with Gasteiger partial charge in [-0.3, -0.25) is 0 Å². The molecule has 1 aliphatic rings. The molecule has 2 rings (SSSR count). The molecule has 0 bridgehead atoms. The van der Waals surface area contributed by atoms with Crippen LogP contribution in [0.4, 0.5) is 0 Å². The van der Waals surface area contributed by atoms with Gasteiger partial charge >= 0.3 is 0 Å². The van der Waals surface area contributed by atoms with E-state index in [0.29, 0.717) is 6.04 Å². The average Bonchev–Trinajstić information content (AvgIpc) is 2.76. The Morgan fingerprint density at radius 3 is 3.33 bits per heavy atom. The summed E-state index contributed by atoms with van der Waals surface area (Å²) >= 11 is 3.75. The zero-order valence-electron chi connectivity index (χ0n) is 8.86. The Bertz CT molecular complexity index is 297. The van der Waals surface area contributed by atoms with Crippen LogP contribution in [0.5, 0.6) is 0 Å². The summed E-state index contributed by atoms with van der Waals surface area (Å²) in [4.78, 5) is 4.63. The van der Waals surface area contributed by atoms with Crippen molar-refractivity contribution in [3.63, 3.8) is 0 Å². The molecule has 84 valence electrons. The molecule has 0 radical (unpaired) electrons. The van der Waals surface area contributed by atoms with Gasteiger partial charge in [0.25, 0.3) is 0 Å². The van der Waals surface area contributed by atoms with Crippen LogP contribution in [0.25, 0.3) is 0 Å². The van der Waals surface area contributed by atoms with Crippen LogP contribution in [0.2, 0.25) is 0 Å². The van der Waals surface area contributed by atoms with Crippen molar-refractivity contribution < 1.29 is 4.74 Å². The van der Waals surface area contributed by atoms with Gasteiger partial charge in [-0.15, -0.1) is 11.3 Å². The molecule has 1 aliphatic heterocycles. The fraction of sp³-hybridized carbons (Fsp3) is 0.700. The Morgan fingerprint density at radius 1 is 1.67 bits per heavy atom. The molecule has 15 heavy (non-hydrogen) atoms. The van der Waals surface area contributed by atoms with Gasteiger partial charge in [0.15, 0.2) is 0 Å². The summed E-state index contributed by atoms with van der Waals surface area (Å²) in [5.74, 6) is 2.37. The summed E-state index contributed by atoms with van der Waals surface area (Å²) in [5, 5.41) is 6.86. The van der Waals surface area contributed by atoms with Gasteiger partial charge in [-0.25, -0.2) is 4.98 Å². The van der Waals surface area contributed by atoms with Crippen LogP contribution in [0.1, 0.15) is 16.7 Å². The molecule has 1 atom stereocenters. The van der Waals surface area contributed by atoms with Crippen molar-refractivity contribution in [1.82, 2.24) is 10.3 Å². The lowest BCUT2D eigenvalue weighted by Gasteiger charge is -2.21. The molecule has 0 amide bonds. The Hall–Kier alpha value is -0.100. The second kappa shape index (κ2) is 5.84. The molecule has 0 aromatic carbocycles. The van der Waals surface area contributed by atoms with E-state index in [1.807, 2.05) is 11.8 Å². The second-order valence-electron chi connectivity index (χ2n) is 3.49. The summed E-state index contributed by atoms with van der Waals surface area (Å²) in [7, 11) is 1.73. The molecule has 0 saturated carbocycles. The van der Waals surface area contributed by atoms with Crippen molar-refractivity contribution in [1.29, 1.82) is 0 Å². The fourth-order valence-electron chi connectivity index (χ4n) is 1.54. The third kappa shape index (κ3) is 3.17. The highest BCUT2D eigenvalue weighted by atomic mass is 32.2. The molecule has 1 fully saturated rings. The molecule has 3 nitrogen and oxygen atoms in total. The number of methoxy groups -OCH3 is 1. The topological polar surface area (TPSA) is 34.1 Å². The number of nitrogens with one attached hydrogen (secondary N) is 1. The number of ether oxygens (including phenoxy) is 1. The first-order chi connectivity index (χ1) is 7.40. The zero-order valence-corrected chi connectivity index (χ0v) is 10.5. The Balaban J connectivity index is 1.93. The van der Waals surface area contributed by atoms with Crippen molar-refractivity contribution in [2.75, 3.05) is 31.8 Å². The number of nitrogens with zero attached hydrogens (tertiary/aromatic N) is 1. The van der Waals surface area contributed by atoms with Crippen molar-refractivity contribution in [3.05, 3.63) is 16.1 Å². The van der Waals surface area contributed by atoms with E-state index in [1.165, 1.54) is 16.5 Å². The monoisotopic (exact) mass is 244 g/mol. The van der Waals surface area contributed by atoms with Gasteiger partial charge in [0, 0.05) is 37.0 Å². The first-order valence-corrected chi connectivity index (χ1v) is 7.18. The van der Waals surface area contributed by atoms with Crippen LogP contribution in [-0.4, -0.2) is 36.8 Å². The van der Waals surface area contributed by atoms with Crippen molar-refractivity contribution in [3.8, 4) is 0 Å². The average molecular weight is 244 g/mol. The highest BCUT2D eigenvalue weighted by Gasteiger charge is 2.17. The minimum atomic E-state index is 0.455. The summed E-state index contributed by atoms with van der Waals surface area (Å²) in [5.41, 5.74) is 1.21. The van der Waals surface area contributed by atoms with Crippen molar-refractivity contribution >= 4 is 23.1 Å². The molecule has 1 aromatic rings. The molecule has 0 spiro atoms. The van der Waals surface area contributed by atoms with Gasteiger partial charge < -0.3 is 10.1 Å². The van der Waals surface area contributed by atoms with Crippen molar-refractivity contribution in [2.45, 2.75) is 12.5 Å². The van der Waals surface area contributed by atoms with Crippen LogP contribution < -0.4 is 5.32 Å². The number of rotatable bonds is 4. The molecule has 2 heterocycles. The Morgan fingerprint density at radius 2 is 2.60 bits per heavy atom. The normalized spacial score (nSPS) is 21.8. The van der Waals surface area contributed by atoms with Crippen LogP contribution in [-0.2, 0) is 11.2 Å². The first kappa shape index (κ1) is 11.4. The maximum Gasteiger partial charge on any atom is 0.0951 e. The molecule has 1 N–H and O–H groups in total. The standard InChI is InChI=1S/C10H16N2OS2/c1-13-4-2-10-12-9(7-15-10)8-6-14-5-3-11-8/h7-8,11H,2-6H2,1H3. The lowest BCUT2D eigenvalue weighted by Crippen LogP contribution is -2.30. The molecule has 1 unspecified atom stereocenters. The van der Waals surface area contributed by atoms with Gasteiger partial charge in [-0.05, 0) is 0 Å². The highest BCUT2D eigenvalue weighted by molar-refractivity contribution is 7.99. The molecule has 1 aromatic heterocycles. The fourth-order valence-corrected chi connectivity index (χ4v) is 3.33. The molecule has 0 aliphatic carbocycles. The summed E-state index contributed by atoms with van der Waals surface area (Å²) in [6, 6.07) is 0.455. The maximum atomic E-state index is 5.05. The maximum absolute atomic E-state index is 5.05. The van der Waals surface area contributed by atoms with Crippen LogP contribution in [0.15, 0.2) is 5.38 Å². The quantitative estimate of drug-likeness (QED) is 0.874. The first-order valence-electron chi connectivity index (χ1n) is 5.14. The Labute approximate surface area is 98.6 Å². The van der Waals surface area contributed by atoms with Gasteiger partial charge in [0.1, 0.15) is 0 Å². The largest absolute Gasteiger partial charge is 0.384 e. The van der Waals surface area contributed by atoms with E-state index in [4.69, 9.17) is 4.74 Å². The molecular formula is C10H16N2OS2. The summed E-state index contributed by atoms with van der Waals surface area (Å²) < 4.78 is 5.05. The van der Waals surface area contributed by atoms with E-state index in [9.17, 15) is 0 Å². The lowest BCUT2D eigenvalue weighted by molar-refractivity contribution is 0.202. The number of thiazole rings is 1. The van der Waals surface area contributed by atoms with E-state index in [2.05, 4.69) is 15.7 Å². The van der Waals surface area contributed by atoms with Gasteiger partial charge in [-0.2, -0.15) is 11.8 Å². The zero-order chi connectivity index (χ0) is 10.5. The van der Waals surface area contributed by atoms with E-state index in [1.54, 1.807) is 18.4 Å². The highest BCUT2D eigenvalue weighted by Crippen LogP contribution is 2.23. The Kier molecular flexibility index (Phi) is 4.43. The second-order valence-corrected chi connectivity index (χ2v) is 5.58. The molecular weight excluding hydrogens is 228 g/mol. The number of thioether (sulfide) groups is 1. The minimum Gasteiger partial charge on any atom is -0.384 e. The predicted molar refractivity (Wildman–Crippen MR) is 65.8 cm³/mol. The lowest BCUT2D eigenvalue weighted by atomic mass is 10.2. The SMILES string of the molecule is COCCc1nc(C2CSCCN2)cs1. The summed E-state index contributed by atoms with van der Waals surface area (Å²) in [6.45, 7) is 1.86. The van der Waals surface area contributed by atoms with Gasteiger partial charge in [0.05, 0.1) is 23.4 Å². The summed E-state index contributed by atoms with van der Waals surface area (Å²) in [6.07, 6.45) is 0.932. The van der Waals surface area contributed by atoms with E-state index in [0.717, 1.165) is 25.3 Å². The van der Waals surface area contributed by atoms with Gasteiger partial charge in [0.2, 0.25) is 0 Å². The number of aromatic nitrogens is 1. The van der Waals surface area contributed by atoms with Crippen LogP contribution in [0.3, 0.4) is 0 Å². The van der Waals surface area contributed by atoms with E-state index >= 15 is 0 Å². The smallest absolute Gasteiger partial charge is 0.0951 e. The number of hydrogen-bond donors (Lipinski definition) is 1. The van der Waals surface area contributed by atoms with E-state index < -0.39 is 0 Å². The van der Waals surface area contributed by atoms with Crippen LogP contribution in [0, 0.1) is 0 Å². The van der Waals surface area contributed by atoms with Gasteiger partial charge in [-0.1, -0.05) is 0 Å². The third-order valence-corrected chi connectivity index (χ3v) is 4.36. The predicted octanol–water partition coefficient (Wildman–Crippen LogP) is 1.71. The van der Waals surface area contributed by atoms with Crippen molar-refractivity contribution in [2.24, 2.45) is 0 Å². The minimum absolute atomic E-state index is 0.455. The van der Waals surface area contributed by atoms with Crippen LogP contribution >= 0.6 is 23.1 Å². The molecule has 5 heteroatoms. The third-order valence-electron chi connectivity index (χ3n) is 2.37.